The van der Waals surface area contributed by atoms with Crippen LogP contribution in [0.4, 0.5) is 0 Å². The van der Waals surface area contributed by atoms with E-state index in [4.69, 9.17) is 4.52 Å². The zero-order valence-corrected chi connectivity index (χ0v) is 12.8. The van der Waals surface area contributed by atoms with E-state index in [1.54, 1.807) is 0 Å². The molecule has 1 aliphatic carbocycles. The van der Waals surface area contributed by atoms with E-state index in [-0.39, 0.29) is 17.3 Å². The lowest BCUT2D eigenvalue weighted by molar-refractivity contribution is 0.231. The second kappa shape index (κ2) is 5.90. The highest BCUT2D eigenvalue weighted by Gasteiger charge is 2.28. The lowest BCUT2D eigenvalue weighted by Gasteiger charge is -2.28. The highest BCUT2D eigenvalue weighted by atomic mass is 16.5. The van der Waals surface area contributed by atoms with Crippen molar-refractivity contribution in [2.75, 3.05) is 0 Å². The van der Waals surface area contributed by atoms with Crippen LogP contribution in [0.1, 0.15) is 51.3 Å². The number of hydrogen-bond acceptors (Lipinski definition) is 5. The summed E-state index contributed by atoms with van der Waals surface area (Å²) < 4.78 is 5.33. The summed E-state index contributed by atoms with van der Waals surface area (Å²) in [7, 11) is 0. The Kier molecular flexibility index (Phi) is 3.96. The Balaban J connectivity index is 1.77. The Morgan fingerprint density at radius 2 is 1.95 bits per heavy atom. The normalized spacial score (nSPS) is 22.1. The Morgan fingerprint density at radius 1 is 1.23 bits per heavy atom. The molecule has 1 fully saturated rings. The number of nitrogens with zero attached hydrogens (tertiary/aromatic N) is 2. The van der Waals surface area contributed by atoms with Crippen molar-refractivity contribution in [2.45, 2.75) is 45.4 Å². The van der Waals surface area contributed by atoms with E-state index in [9.17, 15) is 9.59 Å². The summed E-state index contributed by atoms with van der Waals surface area (Å²) in [5.74, 6) is 2.54. The molecule has 3 rings (SSSR count). The average molecular weight is 304 g/mol. The van der Waals surface area contributed by atoms with Gasteiger partial charge in [0.25, 0.3) is 5.56 Å². The molecule has 0 saturated heterocycles. The van der Waals surface area contributed by atoms with Gasteiger partial charge in [-0.3, -0.25) is 9.78 Å². The molecule has 0 unspecified atom stereocenters. The fourth-order valence-electron chi connectivity index (χ4n) is 3.12. The predicted octanol–water partition coefficient (Wildman–Crippen LogP) is 2.04. The van der Waals surface area contributed by atoms with Crippen LogP contribution >= 0.6 is 0 Å². The van der Waals surface area contributed by atoms with Crippen molar-refractivity contribution in [3.63, 3.8) is 0 Å². The molecule has 1 aliphatic rings. The Labute approximate surface area is 127 Å². The molecular weight excluding hydrogens is 284 g/mol. The molecule has 0 aromatic carbocycles. The van der Waals surface area contributed by atoms with Crippen molar-refractivity contribution in [3.8, 4) is 11.4 Å². The molecular formula is C15H20N4O3. The van der Waals surface area contributed by atoms with Crippen LogP contribution in [0.15, 0.2) is 20.3 Å². The van der Waals surface area contributed by atoms with E-state index in [0.29, 0.717) is 11.8 Å². The molecule has 2 heterocycles. The topological polar surface area (TPSA) is 105 Å². The first-order valence-electron chi connectivity index (χ1n) is 7.70. The first-order chi connectivity index (χ1) is 10.5. The summed E-state index contributed by atoms with van der Waals surface area (Å²) in [6.07, 6.45) is 5.71. The second-order valence-corrected chi connectivity index (χ2v) is 6.30. The van der Waals surface area contributed by atoms with E-state index in [2.05, 4.69) is 34.0 Å². The number of aromatic nitrogens is 4. The molecule has 0 atom stereocenters. The number of hydrogen-bond donors (Lipinski definition) is 2. The van der Waals surface area contributed by atoms with E-state index in [0.717, 1.165) is 18.8 Å². The third kappa shape index (κ3) is 2.88. The third-order valence-electron chi connectivity index (χ3n) is 4.57. The number of H-pyrrole nitrogens is 2. The van der Waals surface area contributed by atoms with Crippen LogP contribution in [0.5, 0.6) is 0 Å². The van der Waals surface area contributed by atoms with Gasteiger partial charge in [0.1, 0.15) is 5.56 Å². The van der Waals surface area contributed by atoms with Crippen LogP contribution in [0, 0.1) is 11.8 Å². The van der Waals surface area contributed by atoms with E-state index in [1.807, 2.05) is 0 Å². The summed E-state index contributed by atoms with van der Waals surface area (Å²) in [6, 6.07) is 0. The van der Waals surface area contributed by atoms with Gasteiger partial charge in [-0.25, -0.2) is 4.79 Å². The Hall–Kier alpha value is -2.18. The summed E-state index contributed by atoms with van der Waals surface area (Å²) >= 11 is 0. The van der Waals surface area contributed by atoms with Crippen molar-refractivity contribution < 1.29 is 4.52 Å². The zero-order chi connectivity index (χ0) is 15.7. The van der Waals surface area contributed by atoms with Crippen molar-refractivity contribution in [1.82, 2.24) is 20.1 Å². The third-order valence-corrected chi connectivity index (χ3v) is 4.57. The van der Waals surface area contributed by atoms with E-state index >= 15 is 0 Å². The van der Waals surface area contributed by atoms with Gasteiger partial charge in [0.05, 0.1) is 0 Å². The van der Waals surface area contributed by atoms with Gasteiger partial charge < -0.3 is 9.51 Å². The fraction of sp³-hybridized carbons (Fsp3) is 0.600. The summed E-state index contributed by atoms with van der Waals surface area (Å²) in [5.41, 5.74) is -0.852. The Morgan fingerprint density at radius 3 is 2.59 bits per heavy atom. The van der Waals surface area contributed by atoms with Crippen molar-refractivity contribution in [3.05, 3.63) is 32.9 Å². The van der Waals surface area contributed by atoms with Gasteiger partial charge in [0.15, 0.2) is 0 Å². The van der Waals surface area contributed by atoms with Gasteiger partial charge in [0.2, 0.25) is 11.7 Å². The van der Waals surface area contributed by atoms with Gasteiger partial charge >= 0.3 is 5.69 Å². The number of rotatable bonds is 3. The van der Waals surface area contributed by atoms with Crippen LogP contribution in [-0.2, 0) is 0 Å². The van der Waals surface area contributed by atoms with Gasteiger partial charge in [-0.15, -0.1) is 0 Å². The first kappa shape index (κ1) is 14.7. The molecule has 0 amide bonds. The average Bonchev–Trinajstić information content (AvgIpc) is 2.97. The molecule has 1 saturated carbocycles. The maximum absolute atomic E-state index is 11.7. The fourth-order valence-corrected chi connectivity index (χ4v) is 3.12. The van der Waals surface area contributed by atoms with Crippen LogP contribution in [0.25, 0.3) is 11.4 Å². The summed E-state index contributed by atoms with van der Waals surface area (Å²) in [4.78, 5) is 31.7. The zero-order valence-electron chi connectivity index (χ0n) is 12.8. The molecule has 2 aromatic heterocycles. The monoisotopic (exact) mass is 304 g/mol. The van der Waals surface area contributed by atoms with Crippen molar-refractivity contribution >= 4 is 0 Å². The summed E-state index contributed by atoms with van der Waals surface area (Å²) in [5, 5.41) is 3.88. The minimum atomic E-state index is -0.551. The van der Waals surface area contributed by atoms with Crippen molar-refractivity contribution in [2.24, 2.45) is 11.8 Å². The largest absolute Gasteiger partial charge is 0.339 e. The van der Waals surface area contributed by atoms with Crippen LogP contribution in [0.3, 0.4) is 0 Å². The highest BCUT2D eigenvalue weighted by molar-refractivity contribution is 5.50. The molecule has 7 nitrogen and oxygen atoms in total. The lowest BCUT2D eigenvalue weighted by atomic mass is 9.77. The number of aromatic amines is 2. The predicted molar refractivity (Wildman–Crippen MR) is 80.5 cm³/mol. The lowest BCUT2D eigenvalue weighted by Crippen LogP contribution is -2.22. The molecule has 2 aromatic rings. The Bertz CT molecular complexity index is 750. The van der Waals surface area contributed by atoms with Crippen LogP contribution < -0.4 is 11.2 Å². The minimum absolute atomic E-state index is 0.213. The van der Waals surface area contributed by atoms with Crippen LogP contribution in [0.2, 0.25) is 0 Å². The van der Waals surface area contributed by atoms with E-state index in [1.165, 1.54) is 19.0 Å². The molecule has 0 spiro atoms. The molecule has 118 valence electrons. The van der Waals surface area contributed by atoms with Gasteiger partial charge in [-0.2, -0.15) is 4.98 Å². The highest BCUT2D eigenvalue weighted by Crippen LogP contribution is 2.38. The van der Waals surface area contributed by atoms with Gasteiger partial charge in [-0.05, 0) is 37.5 Å². The second-order valence-electron chi connectivity index (χ2n) is 6.30. The maximum Gasteiger partial charge on any atom is 0.325 e. The molecule has 2 N–H and O–H groups in total. The number of nitrogens with one attached hydrogen (secondary N) is 2. The smallest absolute Gasteiger partial charge is 0.325 e. The van der Waals surface area contributed by atoms with Crippen molar-refractivity contribution in [1.29, 1.82) is 0 Å². The molecule has 22 heavy (non-hydrogen) atoms. The molecule has 7 heteroatoms. The molecule has 0 bridgehead atoms. The van der Waals surface area contributed by atoms with Crippen LogP contribution in [-0.4, -0.2) is 20.1 Å². The quantitative estimate of drug-likeness (QED) is 0.903. The van der Waals surface area contributed by atoms with Gasteiger partial charge in [-0.1, -0.05) is 19.0 Å². The molecule has 0 aliphatic heterocycles. The first-order valence-corrected chi connectivity index (χ1v) is 7.70. The summed E-state index contributed by atoms with van der Waals surface area (Å²) in [6.45, 7) is 4.52. The van der Waals surface area contributed by atoms with E-state index < -0.39 is 11.2 Å². The SMILES string of the molecule is CC(C)C1CCC(c2nc(-c3c[nH]c(=O)[nH]c3=O)no2)CC1. The minimum Gasteiger partial charge on any atom is -0.339 e. The molecule has 0 radical (unpaired) electrons. The standard InChI is InChI=1S/C15H20N4O3/c1-8(2)9-3-5-10(6-4-9)14-17-12(19-22-14)11-7-16-15(21)18-13(11)20/h7-10H,3-6H2,1-2H3,(H2,16,18,20,21). The van der Waals surface area contributed by atoms with Gasteiger partial charge in [0, 0.05) is 12.1 Å². The maximum atomic E-state index is 11.7.